The maximum absolute atomic E-state index is 12.0. The van der Waals surface area contributed by atoms with Gasteiger partial charge in [-0.2, -0.15) is 0 Å². The number of aryl methyl sites for hydroxylation is 1. The number of benzene rings is 2. The zero-order valence-corrected chi connectivity index (χ0v) is 11.2. The molecule has 2 rings (SSSR count). The quantitative estimate of drug-likeness (QED) is 0.858. The molecule has 0 unspecified atom stereocenters. The van der Waals surface area contributed by atoms with Gasteiger partial charge in [-0.05, 0) is 31.2 Å². The van der Waals surface area contributed by atoms with Crippen LogP contribution >= 0.6 is 23.2 Å². The SMILES string of the molecule is Cc1cccc(C(=O)Nc2cccc(Cl)c2Cl)c1. The van der Waals surface area contributed by atoms with Gasteiger partial charge in [-0.1, -0.05) is 47.0 Å². The van der Waals surface area contributed by atoms with E-state index in [1.165, 1.54) is 0 Å². The van der Waals surface area contributed by atoms with E-state index < -0.39 is 0 Å². The Bertz CT molecular complexity index is 596. The fourth-order valence-corrected chi connectivity index (χ4v) is 1.93. The lowest BCUT2D eigenvalue weighted by Gasteiger charge is -2.08. The van der Waals surface area contributed by atoms with Gasteiger partial charge in [-0.25, -0.2) is 0 Å². The highest BCUT2D eigenvalue weighted by molar-refractivity contribution is 6.44. The number of carbonyl (C=O) groups excluding carboxylic acids is 1. The van der Waals surface area contributed by atoms with Crippen molar-refractivity contribution in [1.29, 1.82) is 0 Å². The number of anilines is 1. The molecule has 4 heteroatoms. The van der Waals surface area contributed by atoms with Crippen LogP contribution in [0.5, 0.6) is 0 Å². The van der Waals surface area contributed by atoms with Gasteiger partial charge in [0.05, 0.1) is 15.7 Å². The average Bonchev–Trinajstić information content (AvgIpc) is 2.35. The summed E-state index contributed by atoms with van der Waals surface area (Å²) in [5, 5.41) is 3.50. The molecular weight excluding hydrogens is 269 g/mol. The molecule has 1 N–H and O–H groups in total. The third-order valence-corrected chi connectivity index (χ3v) is 3.30. The predicted molar refractivity (Wildman–Crippen MR) is 75.6 cm³/mol. The maximum atomic E-state index is 12.0. The summed E-state index contributed by atoms with van der Waals surface area (Å²) in [5.74, 6) is -0.206. The molecule has 0 saturated carbocycles. The van der Waals surface area contributed by atoms with E-state index in [1.54, 1.807) is 24.3 Å². The first-order chi connectivity index (χ1) is 8.58. The lowest BCUT2D eigenvalue weighted by atomic mass is 10.1. The monoisotopic (exact) mass is 279 g/mol. The summed E-state index contributed by atoms with van der Waals surface area (Å²) in [4.78, 5) is 12.0. The number of hydrogen-bond acceptors (Lipinski definition) is 1. The van der Waals surface area contributed by atoms with Crippen LogP contribution in [0.1, 0.15) is 15.9 Å². The van der Waals surface area contributed by atoms with Crippen LogP contribution in [0.2, 0.25) is 10.0 Å². The third-order valence-electron chi connectivity index (χ3n) is 2.48. The molecule has 0 aliphatic heterocycles. The lowest BCUT2D eigenvalue weighted by molar-refractivity contribution is 0.102. The number of amides is 1. The van der Waals surface area contributed by atoms with E-state index in [1.807, 2.05) is 25.1 Å². The van der Waals surface area contributed by atoms with Crippen molar-refractivity contribution in [1.82, 2.24) is 0 Å². The second-order valence-corrected chi connectivity index (χ2v) is 4.71. The van der Waals surface area contributed by atoms with Gasteiger partial charge in [0.15, 0.2) is 0 Å². The van der Waals surface area contributed by atoms with Gasteiger partial charge in [-0.3, -0.25) is 4.79 Å². The number of halogens is 2. The minimum atomic E-state index is -0.206. The van der Waals surface area contributed by atoms with Crippen molar-refractivity contribution in [3.8, 4) is 0 Å². The Morgan fingerprint density at radius 3 is 2.56 bits per heavy atom. The molecule has 0 radical (unpaired) electrons. The smallest absolute Gasteiger partial charge is 0.255 e. The minimum absolute atomic E-state index is 0.206. The summed E-state index contributed by atoms with van der Waals surface area (Å²) in [7, 11) is 0. The molecule has 0 aromatic heterocycles. The van der Waals surface area contributed by atoms with E-state index >= 15 is 0 Å². The van der Waals surface area contributed by atoms with E-state index in [-0.39, 0.29) is 5.91 Å². The highest BCUT2D eigenvalue weighted by atomic mass is 35.5. The van der Waals surface area contributed by atoms with Crippen LogP contribution in [-0.4, -0.2) is 5.91 Å². The fraction of sp³-hybridized carbons (Fsp3) is 0.0714. The van der Waals surface area contributed by atoms with Crippen LogP contribution in [0.25, 0.3) is 0 Å². The van der Waals surface area contributed by atoms with E-state index in [4.69, 9.17) is 23.2 Å². The highest BCUT2D eigenvalue weighted by Crippen LogP contribution is 2.29. The molecule has 0 atom stereocenters. The number of nitrogens with one attached hydrogen (secondary N) is 1. The number of rotatable bonds is 2. The van der Waals surface area contributed by atoms with E-state index in [9.17, 15) is 4.79 Å². The number of carbonyl (C=O) groups is 1. The summed E-state index contributed by atoms with van der Waals surface area (Å²) in [6.07, 6.45) is 0. The minimum Gasteiger partial charge on any atom is -0.321 e. The first kappa shape index (κ1) is 12.9. The number of hydrogen-bond donors (Lipinski definition) is 1. The molecular formula is C14H11Cl2NO. The molecule has 18 heavy (non-hydrogen) atoms. The van der Waals surface area contributed by atoms with Crippen molar-refractivity contribution in [2.24, 2.45) is 0 Å². The zero-order valence-electron chi connectivity index (χ0n) is 9.71. The van der Waals surface area contributed by atoms with Crippen molar-refractivity contribution < 1.29 is 4.79 Å². The second kappa shape index (κ2) is 5.42. The molecule has 0 bridgehead atoms. The average molecular weight is 280 g/mol. The summed E-state index contributed by atoms with van der Waals surface area (Å²) in [6.45, 7) is 1.93. The van der Waals surface area contributed by atoms with Crippen LogP contribution in [0, 0.1) is 6.92 Å². The van der Waals surface area contributed by atoms with Gasteiger partial charge in [-0.15, -0.1) is 0 Å². The molecule has 0 fully saturated rings. The first-order valence-electron chi connectivity index (χ1n) is 5.40. The molecule has 2 aromatic carbocycles. The third kappa shape index (κ3) is 2.84. The highest BCUT2D eigenvalue weighted by Gasteiger charge is 2.09. The predicted octanol–water partition coefficient (Wildman–Crippen LogP) is 4.55. The van der Waals surface area contributed by atoms with E-state index in [0.717, 1.165) is 5.56 Å². The summed E-state index contributed by atoms with van der Waals surface area (Å²) in [6, 6.07) is 12.5. The van der Waals surface area contributed by atoms with E-state index in [0.29, 0.717) is 21.3 Å². The van der Waals surface area contributed by atoms with Crippen molar-refractivity contribution >= 4 is 34.8 Å². The molecule has 2 nitrogen and oxygen atoms in total. The van der Waals surface area contributed by atoms with Gasteiger partial charge in [0.2, 0.25) is 0 Å². The van der Waals surface area contributed by atoms with Crippen molar-refractivity contribution in [3.05, 3.63) is 63.6 Å². The topological polar surface area (TPSA) is 29.1 Å². The Morgan fingerprint density at radius 1 is 1.11 bits per heavy atom. The molecule has 0 spiro atoms. The Labute approximate surface area is 116 Å². The van der Waals surface area contributed by atoms with Gasteiger partial charge >= 0.3 is 0 Å². The molecule has 0 saturated heterocycles. The molecule has 92 valence electrons. The van der Waals surface area contributed by atoms with Crippen LogP contribution < -0.4 is 5.32 Å². The standard InChI is InChI=1S/C14H11Cl2NO/c1-9-4-2-5-10(8-9)14(18)17-12-7-3-6-11(15)13(12)16/h2-8H,1H3,(H,17,18). The lowest BCUT2D eigenvalue weighted by Crippen LogP contribution is -2.12. The van der Waals surface area contributed by atoms with Crippen LogP contribution in [0.4, 0.5) is 5.69 Å². The Hall–Kier alpha value is -1.51. The van der Waals surface area contributed by atoms with Gasteiger partial charge in [0.25, 0.3) is 5.91 Å². The zero-order chi connectivity index (χ0) is 13.1. The van der Waals surface area contributed by atoms with Crippen molar-refractivity contribution in [3.63, 3.8) is 0 Å². The Kier molecular flexibility index (Phi) is 3.90. The van der Waals surface area contributed by atoms with Gasteiger partial charge < -0.3 is 5.32 Å². The Morgan fingerprint density at radius 2 is 1.83 bits per heavy atom. The van der Waals surface area contributed by atoms with Gasteiger partial charge in [0, 0.05) is 5.56 Å². The molecule has 2 aromatic rings. The molecule has 0 aliphatic rings. The molecule has 1 amide bonds. The largest absolute Gasteiger partial charge is 0.321 e. The summed E-state index contributed by atoms with van der Waals surface area (Å²) >= 11 is 11.9. The van der Waals surface area contributed by atoms with Crippen molar-refractivity contribution in [2.45, 2.75) is 6.92 Å². The maximum Gasteiger partial charge on any atom is 0.255 e. The van der Waals surface area contributed by atoms with Gasteiger partial charge in [0.1, 0.15) is 0 Å². The molecule has 0 heterocycles. The second-order valence-electron chi connectivity index (χ2n) is 3.92. The van der Waals surface area contributed by atoms with Crippen LogP contribution in [0.15, 0.2) is 42.5 Å². The normalized spacial score (nSPS) is 10.2. The van der Waals surface area contributed by atoms with E-state index in [2.05, 4.69) is 5.32 Å². The fourth-order valence-electron chi connectivity index (χ4n) is 1.58. The Balaban J connectivity index is 2.24. The summed E-state index contributed by atoms with van der Waals surface area (Å²) in [5.41, 5.74) is 2.13. The summed E-state index contributed by atoms with van der Waals surface area (Å²) < 4.78 is 0. The molecule has 0 aliphatic carbocycles. The first-order valence-corrected chi connectivity index (χ1v) is 6.15. The van der Waals surface area contributed by atoms with Crippen molar-refractivity contribution in [2.75, 3.05) is 5.32 Å². The van der Waals surface area contributed by atoms with Crippen LogP contribution in [-0.2, 0) is 0 Å². The van der Waals surface area contributed by atoms with Crippen LogP contribution in [0.3, 0.4) is 0 Å².